The van der Waals surface area contributed by atoms with Crippen LogP contribution in [0.4, 0.5) is 0 Å². The third-order valence-corrected chi connectivity index (χ3v) is 3.39. The van der Waals surface area contributed by atoms with Crippen LogP contribution in [0.1, 0.15) is 47.0 Å². The first kappa shape index (κ1) is 17.8. The van der Waals surface area contributed by atoms with Gasteiger partial charge in [0.15, 0.2) is 5.96 Å². The zero-order valence-corrected chi connectivity index (χ0v) is 13.7. The summed E-state index contributed by atoms with van der Waals surface area (Å²) in [5.41, 5.74) is -0.244. The van der Waals surface area contributed by atoms with Gasteiger partial charge in [0.2, 0.25) is 5.91 Å². The van der Waals surface area contributed by atoms with Crippen LogP contribution < -0.4 is 16.0 Å². The maximum absolute atomic E-state index is 11.8. The lowest BCUT2D eigenvalue weighted by molar-refractivity contribution is -0.121. The minimum absolute atomic E-state index is 0.0967. The molecule has 2 unspecified atom stereocenters. The third kappa shape index (κ3) is 7.32. The summed E-state index contributed by atoms with van der Waals surface area (Å²) in [7, 11) is 0. The second-order valence-electron chi connectivity index (χ2n) is 6.63. The van der Waals surface area contributed by atoms with E-state index in [2.05, 4.69) is 20.9 Å². The second-order valence-corrected chi connectivity index (χ2v) is 6.63. The summed E-state index contributed by atoms with van der Waals surface area (Å²) in [4.78, 5) is 16.1. The number of aliphatic imine (C=N–C) groups is 1. The number of amides is 1. The monoisotopic (exact) mass is 298 g/mol. The minimum atomic E-state index is -0.244. The number of carbonyl (C=O) groups is 1. The minimum Gasteiger partial charge on any atom is -0.393 e. The van der Waals surface area contributed by atoms with Crippen molar-refractivity contribution in [1.29, 1.82) is 0 Å². The molecule has 1 aliphatic rings. The van der Waals surface area contributed by atoms with Crippen molar-refractivity contribution < 1.29 is 9.90 Å². The number of guanidine groups is 1. The van der Waals surface area contributed by atoms with Gasteiger partial charge in [-0.05, 0) is 40.5 Å². The van der Waals surface area contributed by atoms with E-state index in [1.54, 1.807) is 0 Å². The highest BCUT2D eigenvalue weighted by atomic mass is 16.3. The van der Waals surface area contributed by atoms with E-state index in [0.29, 0.717) is 12.5 Å². The van der Waals surface area contributed by atoms with E-state index in [1.807, 2.05) is 27.7 Å². The van der Waals surface area contributed by atoms with Gasteiger partial charge in [-0.3, -0.25) is 4.79 Å². The molecule has 1 rings (SSSR count). The van der Waals surface area contributed by atoms with E-state index in [1.165, 1.54) is 0 Å². The molecule has 0 aromatic carbocycles. The Hall–Kier alpha value is -1.30. The van der Waals surface area contributed by atoms with Gasteiger partial charge in [0.25, 0.3) is 0 Å². The topological polar surface area (TPSA) is 85.8 Å². The number of carbonyl (C=O) groups excluding carboxylic acids is 1. The lowest BCUT2D eigenvalue weighted by Crippen LogP contribution is -2.44. The predicted octanol–water partition coefficient (Wildman–Crippen LogP) is 0.617. The standard InChI is InChI=1S/C15H30N4O2/c1-5-16-14(17-9-11-7-6-8-12(11)20)18-10-13(21)19-15(2,3)4/h11-12,20H,5-10H2,1-4H3,(H,19,21)(H2,16,17,18). The number of rotatable bonds is 5. The number of nitrogens with zero attached hydrogens (tertiary/aromatic N) is 1. The van der Waals surface area contributed by atoms with Gasteiger partial charge in [-0.25, -0.2) is 4.99 Å². The molecule has 1 aliphatic carbocycles. The van der Waals surface area contributed by atoms with E-state index in [0.717, 1.165) is 25.8 Å². The van der Waals surface area contributed by atoms with Crippen molar-refractivity contribution in [3.8, 4) is 0 Å². The Morgan fingerprint density at radius 2 is 2.00 bits per heavy atom. The number of hydrogen-bond acceptors (Lipinski definition) is 3. The van der Waals surface area contributed by atoms with Crippen LogP contribution in [-0.2, 0) is 4.79 Å². The first-order chi connectivity index (χ1) is 9.81. The van der Waals surface area contributed by atoms with Gasteiger partial charge in [-0.1, -0.05) is 6.42 Å². The van der Waals surface area contributed by atoms with Crippen molar-refractivity contribution >= 4 is 11.9 Å². The van der Waals surface area contributed by atoms with Crippen LogP contribution >= 0.6 is 0 Å². The molecule has 21 heavy (non-hydrogen) atoms. The molecule has 0 aliphatic heterocycles. The van der Waals surface area contributed by atoms with Gasteiger partial charge in [-0.2, -0.15) is 0 Å². The Morgan fingerprint density at radius 3 is 2.52 bits per heavy atom. The molecule has 0 radical (unpaired) electrons. The predicted molar refractivity (Wildman–Crippen MR) is 85.2 cm³/mol. The molecule has 6 nitrogen and oxygen atoms in total. The molecule has 0 aromatic heterocycles. The van der Waals surface area contributed by atoms with Crippen molar-refractivity contribution in [2.24, 2.45) is 10.9 Å². The summed E-state index contributed by atoms with van der Waals surface area (Å²) < 4.78 is 0. The van der Waals surface area contributed by atoms with Crippen molar-refractivity contribution in [3.63, 3.8) is 0 Å². The molecule has 6 heteroatoms. The van der Waals surface area contributed by atoms with Crippen molar-refractivity contribution in [3.05, 3.63) is 0 Å². The van der Waals surface area contributed by atoms with E-state index >= 15 is 0 Å². The van der Waals surface area contributed by atoms with Crippen LogP contribution in [0.3, 0.4) is 0 Å². The van der Waals surface area contributed by atoms with Gasteiger partial charge in [-0.15, -0.1) is 0 Å². The molecule has 0 aromatic rings. The van der Waals surface area contributed by atoms with Gasteiger partial charge >= 0.3 is 0 Å². The largest absolute Gasteiger partial charge is 0.393 e. The lowest BCUT2D eigenvalue weighted by atomic mass is 10.1. The average molecular weight is 298 g/mol. The molecule has 1 saturated carbocycles. The van der Waals surface area contributed by atoms with Crippen molar-refractivity contribution in [2.75, 3.05) is 19.6 Å². The fraction of sp³-hybridized carbons (Fsp3) is 0.867. The quantitative estimate of drug-likeness (QED) is 0.443. The van der Waals surface area contributed by atoms with Crippen molar-refractivity contribution in [2.45, 2.75) is 58.6 Å². The highest BCUT2D eigenvalue weighted by Gasteiger charge is 2.25. The van der Waals surface area contributed by atoms with Crippen LogP contribution in [0.15, 0.2) is 4.99 Å². The van der Waals surface area contributed by atoms with Gasteiger partial charge in [0, 0.05) is 24.5 Å². The summed E-state index contributed by atoms with van der Waals surface area (Å²) in [6.45, 7) is 9.34. The van der Waals surface area contributed by atoms with Crippen LogP contribution in [0.2, 0.25) is 0 Å². The molecule has 1 amide bonds. The summed E-state index contributed by atoms with van der Waals surface area (Å²) >= 11 is 0. The highest BCUT2D eigenvalue weighted by molar-refractivity contribution is 5.85. The summed E-state index contributed by atoms with van der Waals surface area (Å²) in [6.07, 6.45) is 2.78. The Morgan fingerprint density at radius 1 is 1.29 bits per heavy atom. The first-order valence-corrected chi connectivity index (χ1v) is 7.83. The molecule has 4 N–H and O–H groups in total. The maximum Gasteiger partial charge on any atom is 0.242 e. The van der Waals surface area contributed by atoms with E-state index < -0.39 is 0 Å². The van der Waals surface area contributed by atoms with Crippen molar-refractivity contribution in [1.82, 2.24) is 16.0 Å². The van der Waals surface area contributed by atoms with Crippen LogP contribution in [-0.4, -0.2) is 48.3 Å². The highest BCUT2D eigenvalue weighted by Crippen LogP contribution is 2.24. The molecule has 0 saturated heterocycles. The molecule has 2 atom stereocenters. The zero-order chi connectivity index (χ0) is 15.9. The lowest BCUT2D eigenvalue weighted by Gasteiger charge is -2.20. The molecule has 0 heterocycles. The maximum atomic E-state index is 11.8. The Bertz CT molecular complexity index is 363. The fourth-order valence-electron chi connectivity index (χ4n) is 2.43. The van der Waals surface area contributed by atoms with E-state index in [9.17, 15) is 9.90 Å². The first-order valence-electron chi connectivity index (χ1n) is 7.83. The third-order valence-electron chi connectivity index (χ3n) is 3.39. The van der Waals surface area contributed by atoms with Crippen LogP contribution in [0, 0.1) is 5.92 Å². The zero-order valence-electron chi connectivity index (χ0n) is 13.7. The van der Waals surface area contributed by atoms with Crippen LogP contribution in [0.5, 0.6) is 0 Å². The summed E-state index contributed by atoms with van der Waals surface area (Å²) in [5, 5.41) is 19.0. The Labute approximate surface area is 127 Å². The van der Waals surface area contributed by atoms with Gasteiger partial charge in [0.05, 0.1) is 6.10 Å². The van der Waals surface area contributed by atoms with E-state index in [-0.39, 0.29) is 30.0 Å². The normalized spacial score (nSPS) is 23.0. The number of hydrogen-bond donors (Lipinski definition) is 4. The average Bonchev–Trinajstić information content (AvgIpc) is 2.76. The number of aliphatic hydroxyl groups excluding tert-OH is 1. The number of nitrogens with one attached hydrogen (secondary N) is 3. The second kappa shape index (κ2) is 8.22. The smallest absolute Gasteiger partial charge is 0.242 e. The SMILES string of the molecule is CCNC(=NCC(=O)NC(C)(C)C)NCC1CCCC1O. The molecule has 0 bridgehead atoms. The molecule has 122 valence electrons. The summed E-state index contributed by atoms with van der Waals surface area (Å²) in [6, 6.07) is 0. The molecule has 1 fully saturated rings. The fourth-order valence-corrected chi connectivity index (χ4v) is 2.43. The Balaban J connectivity index is 2.44. The Kier molecular flexibility index (Phi) is 6.95. The number of aliphatic hydroxyl groups is 1. The molecular formula is C15H30N4O2. The van der Waals surface area contributed by atoms with E-state index in [4.69, 9.17) is 0 Å². The molecular weight excluding hydrogens is 268 g/mol. The van der Waals surface area contributed by atoms with Gasteiger partial charge < -0.3 is 21.1 Å². The summed E-state index contributed by atoms with van der Waals surface area (Å²) in [5.74, 6) is 0.804. The van der Waals surface area contributed by atoms with Crippen LogP contribution in [0.25, 0.3) is 0 Å². The molecule has 0 spiro atoms. The van der Waals surface area contributed by atoms with Gasteiger partial charge in [0.1, 0.15) is 6.54 Å².